The van der Waals surface area contributed by atoms with E-state index in [1.54, 1.807) is 17.2 Å². The van der Waals surface area contributed by atoms with E-state index in [0.717, 1.165) is 16.8 Å². The molecule has 0 aliphatic carbocycles. The lowest BCUT2D eigenvalue weighted by atomic mass is 10.1. The number of anilines is 1. The summed E-state index contributed by atoms with van der Waals surface area (Å²) in [6.45, 7) is 2.93. The number of aryl methyl sites for hydroxylation is 1. The highest BCUT2D eigenvalue weighted by molar-refractivity contribution is 5.94. The molecule has 0 aliphatic rings. The topological polar surface area (TPSA) is 83.6 Å². The third-order valence-electron chi connectivity index (χ3n) is 4.60. The number of amides is 2. The van der Waals surface area contributed by atoms with Crippen LogP contribution < -0.4 is 15.4 Å². The third kappa shape index (κ3) is 7.21. The van der Waals surface area contributed by atoms with Gasteiger partial charge in [0.25, 0.3) is 5.91 Å². The Morgan fingerprint density at radius 1 is 1.00 bits per heavy atom. The fraction of sp³-hybridized carbons (Fsp3) is 0.240. The molecule has 1 heterocycles. The van der Waals surface area contributed by atoms with Crippen LogP contribution in [0.4, 0.5) is 5.69 Å². The lowest BCUT2D eigenvalue weighted by molar-refractivity contribution is -0.116. The van der Waals surface area contributed by atoms with Crippen molar-refractivity contribution in [1.29, 1.82) is 0 Å². The average molecular weight is 433 g/mol. The summed E-state index contributed by atoms with van der Waals surface area (Å²) < 4.78 is 5.75. The number of nitrogens with zero attached hydrogens (tertiary/aromatic N) is 2. The van der Waals surface area contributed by atoms with Crippen LogP contribution in [-0.4, -0.2) is 42.3 Å². The van der Waals surface area contributed by atoms with E-state index in [1.165, 1.54) is 0 Å². The number of aromatic nitrogens is 1. The van der Waals surface area contributed by atoms with Gasteiger partial charge >= 0.3 is 0 Å². The van der Waals surface area contributed by atoms with E-state index in [1.807, 2.05) is 75.6 Å². The summed E-state index contributed by atoms with van der Waals surface area (Å²) in [6.07, 6.45) is 1.68. The molecular formula is C25H28N4O3. The zero-order valence-electron chi connectivity index (χ0n) is 18.6. The molecule has 0 saturated carbocycles. The van der Waals surface area contributed by atoms with Crippen molar-refractivity contribution >= 4 is 17.5 Å². The molecule has 3 rings (SSSR count). The van der Waals surface area contributed by atoms with E-state index >= 15 is 0 Å². The summed E-state index contributed by atoms with van der Waals surface area (Å²) in [6, 6.07) is 18.5. The third-order valence-corrected chi connectivity index (χ3v) is 4.60. The number of carbonyl (C=O) groups is 2. The van der Waals surface area contributed by atoms with Crippen LogP contribution >= 0.6 is 0 Å². The average Bonchev–Trinajstić information content (AvgIpc) is 2.77. The van der Waals surface area contributed by atoms with Gasteiger partial charge in [-0.05, 0) is 68.5 Å². The van der Waals surface area contributed by atoms with Gasteiger partial charge in [-0.3, -0.25) is 14.6 Å². The quantitative estimate of drug-likeness (QED) is 0.542. The molecule has 7 nitrogen and oxygen atoms in total. The lowest BCUT2D eigenvalue weighted by Gasteiger charge is -2.12. The number of likely N-dealkylation sites (N-methyl/N-ethyl adjacent to an activating group) is 1. The van der Waals surface area contributed by atoms with Crippen molar-refractivity contribution in [3.63, 3.8) is 0 Å². The summed E-state index contributed by atoms with van der Waals surface area (Å²) in [5, 5.41) is 5.78. The molecule has 0 atom stereocenters. The predicted octanol–water partition coefficient (Wildman–Crippen LogP) is 3.40. The number of hydrogen-bond acceptors (Lipinski definition) is 5. The van der Waals surface area contributed by atoms with Crippen LogP contribution in [0.1, 0.15) is 27.2 Å². The zero-order chi connectivity index (χ0) is 22.9. The molecule has 2 aromatic carbocycles. The number of ether oxygens (including phenoxy) is 1. The first-order chi connectivity index (χ1) is 15.4. The molecule has 0 radical (unpaired) electrons. The summed E-state index contributed by atoms with van der Waals surface area (Å²) in [4.78, 5) is 30.6. The molecule has 2 N–H and O–H groups in total. The largest absolute Gasteiger partial charge is 0.487 e. The Kier molecular flexibility index (Phi) is 7.94. The van der Waals surface area contributed by atoms with Crippen molar-refractivity contribution in [2.24, 2.45) is 0 Å². The van der Waals surface area contributed by atoms with Gasteiger partial charge in [-0.25, -0.2) is 0 Å². The Morgan fingerprint density at radius 3 is 2.53 bits per heavy atom. The monoisotopic (exact) mass is 432 g/mol. The first-order valence-electron chi connectivity index (χ1n) is 10.3. The van der Waals surface area contributed by atoms with E-state index in [2.05, 4.69) is 15.6 Å². The van der Waals surface area contributed by atoms with Crippen LogP contribution in [0, 0.1) is 6.92 Å². The van der Waals surface area contributed by atoms with Gasteiger partial charge < -0.3 is 20.3 Å². The highest BCUT2D eigenvalue weighted by Gasteiger charge is 2.08. The van der Waals surface area contributed by atoms with Crippen molar-refractivity contribution < 1.29 is 14.3 Å². The summed E-state index contributed by atoms with van der Waals surface area (Å²) in [7, 11) is 3.68. The second-order valence-corrected chi connectivity index (χ2v) is 7.79. The number of benzene rings is 2. The maximum absolute atomic E-state index is 12.6. The van der Waals surface area contributed by atoms with Crippen molar-refractivity contribution in [2.75, 3.05) is 26.0 Å². The predicted molar refractivity (Wildman–Crippen MR) is 125 cm³/mol. The van der Waals surface area contributed by atoms with E-state index in [9.17, 15) is 9.59 Å². The Hall–Kier alpha value is -3.71. The number of pyridine rings is 1. The number of nitrogens with one attached hydrogen (secondary N) is 2. The maximum atomic E-state index is 12.6. The molecule has 2 amide bonds. The minimum atomic E-state index is -0.175. The number of carbonyl (C=O) groups excluding carboxylic acids is 2. The molecule has 0 saturated heterocycles. The van der Waals surface area contributed by atoms with E-state index in [-0.39, 0.29) is 11.8 Å². The Bertz CT molecular complexity index is 1060. The molecule has 166 valence electrons. The van der Waals surface area contributed by atoms with Gasteiger partial charge in [0, 0.05) is 23.5 Å². The van der Waals surface area contributed by atoms with Crippen LogP contribution in [0.25, 0.3) is 0 Å². The lowest BCUT2D eigenvalue weighted by Crippen LogP contribution is -2.27. The fourth-order valence-corrected chi connectivity index (χ4v) is 3.04. The zero-order valence-corrected chi connectivity index (χ0v) is 18.6. The van der Waals surface area contributed by atoms with E-state index in [0.29, 0.717) is 36.7 Å². The van der Waals surface area contributed by atoms with E-state index < -0.39 is 0 Å². The summed E-state index contributed by atoms with van der Waals surface area (Å²) in [5.41, 5.74) is 3.98. The van der Waals surface area contributed by atoms with Crippen molar-refractivity contribution in [2.45, 2.75) is 20.1 Å². The first kappa shape index (κ1) is 23.0. The Labute approximate surface area is 188 Å². The van der Waals surface area contributed by atoms with Crippen molar-refractivity contribution in [1.82, 2.24) is 15.2 Å². The molecule has 32 heavy (non-hydrogen) atoms. The molecule has 0 spiro atoms. The van der Waals surface area contributed by atoms with Crippen LogP contribution in [0.5, 0.6) is 5.75 Å². The van der Waals surface area contributed by atoms with Crippen LogP contribution in [0.2, 0.25) is 0 Å². The number of rotatable bonds is 9. The molecule has 0 aliphatic heterocycles. The molecule has 0 unspecified atom stereocenters. The second kappa shape index (κ2) is 11.1. The van der Waals surface area contributed by atoms with Gasteiger partial charge in [-0.2, -0.15) is 0 Å². The van der Waals surface area contributed by atoms with Gasteiger partial charge in [-0.15, -0.1) is 0 Å². The van der Waals surface area contributed by atoms with E-state index in [4.69, 9.17) is 4.74 Å². The van der Waals surface area contributed by atoms with Gasteiger partial charge in [0.1, 0.15) is 12.4 Å². The first-order valence-corrected chi connectivity index (χ1v) is 10.3. The highest BCUT2D eigenvalue weighted by atomic mass is 16.5. The number of hydrogen-bond donors (Lipinski definition) is 2. The SMILES string of the molecule is Cc1ccc(OCc2cccc(C(=O)NCc3cccc(NC(=O)CN(C)C)c3)c2)cn1. The Balaban J connectivity index is 1.54. The minimum absolute atomic E-state index is 0.0864. The van der Waals surface area contributed by atoms with Gasteiger partial charge in [0.15, 0.2) is 0 Å². The summed E-state index contributed by atoms with van der Waals surface area (Å²) >= 11 is 0. The Morgan fingerprint density at radius 2 is 1.78 bits per heavy atom. The van der Waals surface area contributed by atoms with Crippen molar-refractivity contribution in [3.8, 4) is 5.75 Å². The van der Waals surface area contributed by atoms with Gasteiger partial charge in [0.2, 0.25) is 5.91 Å². The van der Waals surface area contributed by atoms with Crippen molar-refractivity contribution in [3.05, 3.63) is 89.2 Å². The normalized spacial score (nSPS) is 10.6. The smallest absolute Gasteiger partial charge is 0.251 e. The highest BCUT2D eigenvalue weighted by Crippen LogP contribution is 2.14. The second-order valence-electron chi connectivity index (χ2n) is 7.79. The molecular weight excluding hydrogens is 404 g/mol. The van der Waals surface area contributed by atoms with Crippen LogP contribution in [0.3, 0.4) is 0 Å². The molecule has 1 aromatic heterocycles. The maximum Gasteiger partial charge on any atom is 0.251 e. The van der Waals surface area contributed by atoms with Gasteiger partial charge in [0.05, 0.1) is 12.7 Å². The fourth-order valence-electron chi connectivity index (χ4n) is 3.04. The molecule has 3 aromatic rings. The molecule has 7 heteroatoms. The van der Waals surface area contributed by atoms with Crippen LogP contribution in [0.15, 0.2) is 66.9 Å². The van der Waals surface area contributed by atoms with Gasteiger partial charge in [-0.1, -0.05) is 24.3 Å². The standard InChI is InChI=1S/C25H28N4O3/c1-18-10-11-23(15-26-18)32-17-20-7-4-8-21(12-20)25(31)27-14-19-6-5-9-22(13-19)28-24(30)16-29(2)3/h4-13,15H,14,16-17H2,1-3H3,(H,27,31)(H,28,30). The molecule has 0 fully saturated rings. The minimum Gasteiger partial charge on any atom is -0.487 e. The van der Waals surface area contributed by atoms with Crippen LogP contribution in [-0.2, 0) is 17.9 Å². The molecule has 0 bridgehead atoms. The summed E-state index contributed by atoms with van der Waals surface area (Å²) in [5.74, 6) is 0.422.